The highest BCUT2D eigenvalue weighted by molar-refractivity contribution is 9.10. The van der Waals surface area contributed by atoms with Crippen LogP contribution in [-0.2, 0) is 13.2 Å². The number of carbonyl (C=O) groups excluding carboxylic acids is 2. The van der Waals surface area contributed by atoms with Crippen LogP contribution in [0.3, 0.4) is 0 Å². The van der Waals surface area contributed by atoms with Gasteiger partial charge >= 0.3 is 0 Å². The van der Waals surface area contributed by atoms with Crippen molar-refractivity contribution < 1.29 is 14.3 Å². The van der Waals surface area contributed by atoms with E-state index in [9.17, 15) is 9.59 Å². The molecule has 0 spiro atoms. The lowest BCUT2D eigenvalue weighted by Crippen LogP contribution is -2.28. The fourth-order valence-corrected chi connectivity index (χ4v) is 4.14. The van der Waals surface area contributed by atoms with E-state index < -0.39 is 0 Å². The number of ether oxygens (including phenoxy) is 1. The number of para-hydroxylation sites is 1. The molecule has 4 rings (SSSR count). The first kappa shape index (κ1) is 22.1. The maximum Gasteiger partial charge on any atom is 0.255 e. The summed E-state index contributed by atoms with van der Waals surface area (Å²) in [6, 6.07) is 22.5. The Morgan fingerprint density at radius 3 is 2.50 bits per heavy atom. The van der Waals surface area contributed by atoms with Gasteiger partial charge in [-0.1, -0.05) is 58.4 Å². The zero-order valence-corrected chi connectivity index (χ0v) is 19.3. The van der Waals surface area contributed by atoms with Gasteiger partial charge in [-0.25, -0.2) is 0 Å². The highest BCUT2D eigenvalue weighted by atomic mass is 79.9. The van der Waals surface area contributed by atoms with Crippen molar-refractivity contribution >= 4 is 27.7 Å². The molecule has 0 aliphatic carbocycles. The Kier molecular flexibility index (Phi) is 7.22. The molecule has 1 N–H and O–H groups in total. The number of likely N-dealkylation sites (tertiary alicyclic amines) is 1. The number of benzene rings is 3. The van der Waals surface area contributed by atoms with Gasteiger partial charge in [0.05, 0.1) is 5.56 Å². The lowest BCUT2D eigenvalue weighted by atomic mass is 10.1. The molecule has 3 aromatic rings. The first-order valence-electron chi connectivity index (χ1n) is 10.7. The van der Waals surface area contributed by atoms with Gasteiger partial charge in [0.2, 0.25) is 0 Å². The van der Waals surface area contributed by atoms with E-state index in [1.54, 1.807) is 12.1 Å². The molecule has 0 aromatic heterocycles. The van der Waals surface area contributed by atoms with Gasteiger partial charge in [0.15, 0.2) is 0 Å². The van der Waals surface area contributed by atoms with Crippen LogP contribution in [0.25, 0.3) is 0 Å². The summed E-state index contributed by atoms with van der Waals surface area (Å²) in [4.78, 5) is 27.4. The molecule has 3 aromatic carbocycles. The van der Waals surface area contributed by atoms with E-state index in [2.05, 4.69) is 21.2 Å². The highest BCUT2D eigenvalue weighted by Crippen LogP contribution is 2.22. The van der Waals surface area contributed by atoms with E-state index >= 15 is 0 Å². The number of rotatable bonds is 7. The minimum Gasteiger partial charge on any atom is -0.488 e. The van der Waals surface area contributed by atoms with Gasteiger partial charge in [0.1, 0.15) is 12.4 Å². The zero-order valence-electron chi connectivity index (χ0n) is 17.7. The van der Waals surface area contributed by atoms with Crippen LogP contribution < -0.4 is 10.1 Å². The number of carbonyl (C=O) groups is 2. The molecule has 0 bridgehead atoms. The molecule has 1 aliphatic heterocycles. The maximum atomic E-state index is 12.9. The van der Waals surface area contributed by atoms with Crippen LogP contribution in [0.1, 0.15) is 44.7 Å². The van der Waals surface area contributed by atoms with E-state index in [0.717, 1.165) is 41.5 Å². The van der Waals surface area contributed by atoms with Gasteiger partial charge in [-0.2, -0.15) is 0 Å². The molecule has 1 saturated heterocycles. The largest absolute Gasteiger partial charge is 0.488 e. The fourth-order valence-electron chi connectivity index (χ4n) is 3.75. The lowest BCUT2D eigenvalue weighted by molar-refractivity contribution is 0.0792. The Hall–Kier alpha value is -3.12. The zero-order chi connectivity index (χ0) is 22.3. The Morgan fingerprint density at radius 1 is 0.938 bits per heavy atom. The van der Waals surface area contributed by atoms with Crippen molar-refractivity contribution in [3.8, 4) is 5.75 Å². The number of nitrogens with zero attached hydrogens (tertiary/aromatic N) is 1. The summed E-state index contributed by atoms with van der Waals surface area (Å²) < 4.78 is 6.91. The average molecular weight is 493 g/mol. The highest BCUT2D eigenvalue weighted by Gasteiger charge is 2.19. The van der Waals surface area contributed by atoms with Gasteiger partial charge in [-0.05, 0) is 48.7 Å². The standard InChI is InChI=1S/C26H25BrN2O3/c27-23-12-3-1-9-21(23)18-32-24-13-4-2-11-22(24)25(30)28-17-19-8-7-10-20(16-19)26(31)29-14-5-6-15-29/h1-4,7-13,16H,5-6,14-15,17-18H2,(H,28,30). The molecule has 5 nitrogen and oxygen atoms in total. The molecule has 0 radical (unpaired) electrons. The molecule has 1 heterocycles. The molecule has 0 saturated carbocycles. The smallest absolute Gasteiger partial charge is 0.255 e. The van der Waals surface area contributed by atoms with Crippen molar-refractivity contribution in [3.05, 3.63) is 99.5 Å². The Labute approximate surface area is 196 Å². The van der Waals surface area contributed by atoms with Crippen LogP contribution in [-0.4, -0.2) is 29.8 Å². The SMILES string of the molecule is O=C(NCc1cccc(C(=O)N2CCCC2)c1)c1ccccc1OCc1ccccc1Br. The normalized spacial score (nSPS) is 13.1. The number of hydrogen-bond acceptors (Lipinski definition) is 3. The lowest BCUT2D eigenvalue weighted by Gasteiger charge is -2.16. The summed E-state index contributed by atoms with van der Waals surface area (Å²) in [6.07, 6.45) is 2.12. The van der Waals surface area contributed by atoms with Crippen LogP contribution in [0, 0.1) is 0 Å². The van der Waals surface area contributed by atoms with Crippen molar-refractivity contribution in [2.45, 2.75) is 26.0 Å². The summed E-state index contributed by atoms with van der Waals surface area (Å²) >= 11 is 3.52. The minimum atomic E-state index is -0.219. The van der Waals surface area contributed by atoms with E-state index in [0.29, 0.717) is 30.0 Å². The summed E-state index contributed by atoms with van der Waals surface area (Å²) in [7, 11) is 0. The minimum absolute atomic E-state index is 0.0569. The maximum absolute atomic E-state index is 12.9. The van der Waals surface area contributed by atoms with Crippen molar-refractivity contribution in [1.82, 2.24) is 10.2 Å². The van der Waals surface area contributed by atoms with Crippen LogP contribution >= 0.6 is 15.9 Å². The van der Waals surface area contributed by atoms with Gasteiger partial charge in [0, 0.05) is 35.2 Å². The summed E-state index contributed by atoms with van der Waals surface area (Å²) in [5.74, 6) is 0.365. The first-order chi connectivity index (χ1) is 15.6. The second-order valence-corrected chi connectivity index (χ2v) is 8.61. The monoisotopic (exact) mass is 492 g/mol. The molecule has 1 fully saturated rings. The van der Waals surface area contributed by atoms with Crippen molar-refractivity contribution in [2.75, 3.05) is 13.1 Å². The molecule has 1 aliphatic rings. The van der Waals surface area contributed by atoms with Gasteiger partial charge < -0.3 is 15.0 Å². The number of nitrogens with one attached hydrogen (secondary N) is 1. The Morgan fingerprint density at radius 2 is 1.69 bits per heavy atom. The molecule has 0 atom stereocenters. The van der Waals surface area contributed by atoms with Crippen LogP contribution in [0.2, 0.25) is 0 Å². The van der Waals surface area contributed by atoms with Crippen molar-refractivity contribution in [3.63, 3.8) is 0 Å². The van der Waals surface area contributed by atoms with E-state index in [1.165, 1.54) is 0 Å². The second kappa shape index (κ2) is 10.5. The third-order valence-electron chi connectivity index (χ3n) is 5.49. The third-order valence-corrected chi connectivity index (χ3v) is 6.27. The predicted octanol–water partition coefficient (Wildman–Crippen LogP) is 5.19. The van der Waals surface area contributed by atoms with Crippen molar-refractivity contribution in [1.29, 1.82) is 0 Å². The van der Waals surface area contributed by atoms with Gasteiger partial charge in [-0.3, -0.25) is 9.59 Å². The predicted molar refractivity (Wildman–Crippen MR) is 128 cm³/mol. The number of halogens is 1. The molecule has 32 heavy (non-hydrogen) atoms. The summed E-state index contributed by atoms with van der Waals surface area (Å²) in [6.45, 7) is 2.32. The van der Waals surface area contributed by atoms with Crippen LogP contribution in [0.4, 0.5) is 0 Å². The summed E-state index contributed by atoms with van der Waals surface area (Å²) in [5.41, 5.74) is 3.02. The third kappa shape index (κ3) is 5.37. The fraction of sp³-hybridized carbons (Fsp3) is 0.231. The Balaban J connectivity index is 1.40. The number of amides is 2. The Bertz CT molecular complexity index is 1110. The van der Waals surface area contributed by atoms with E-state index in [1.807, 2.05) is 65.6 Å². The van der Waals surface area contributed by atoms with Crippen LogP contribution in [0.15, 0.2) is 77.3 Å². The molecular weight excluding hydrogens is 468 g/mol. The molecule has 0 unspecified atom stereocenters. The van der Waals surface area contributed by atoms with Crippen molar-refractivity contribution in [2.24, 2.45) is 0 Å². The molecular formula is C26H25BrN2O3. The molecule has 164 valence electrons. The topological polar surface area (TPSA) is 58.6 Å². The summed E-state index contributed by atoms with van der Waals surface area (Å²) in [5, 5.41) is 2.95. The average Bonchev–Trinajstić information content (AvgIpc) is 3.37. The van der Waals surface area contributed by atoms with Gasteiger partial charge in [0.25, 0.3) is 11.8 Å². The van der Waals surface area contributed by atoms with E-state index in [4.69, 9.17) is 4.74 Å². The van der Waals surface area contributed by atoms with Gasteiger partial charge in [-0.15, -0.1) is 0 Å². The molecule has 2 amide bonds. The number of hydrogen-bond donors (Lipinski definition) is 1. The second-order valence-electron chi connectivity index (χ2n) is 7.76. The van der Waals surface area contributed by atoms with E-state index in [-0.39, 0.29) is 11.8 Å². The van der Waals surface area contributed by atoms with Crippen LogP contribution in [0.5, 0.6) is 5.75 Å². The molecule has 6 heteroatoms. The first-order valence-corrected chi connectivity index (χ1v) is 11.5. The quantitative estimate of drug-likeness (QED) is 0.493.